The summed E-state index contributed by atoms with van der Waals surface area (Å²) >= 11 is 0. The van der Waals surface area contributed by atoms with E-state index in [1.165, 1.54) is 18.4 Å². The van der Waals surface area contributed by atoms with Gasteiger partial charge in [-0.15, -0.1) is 0 Å². The Morgan fingerprint density at radius 3 is 2.61 bits per heavy atom. The molecule has 2 aliphatic rings. The third-order valence-electron chi connectivity index (χ3n) is 4.16. The van der Waals surface area contributed by atoms with E-state index < -0.39 is 0 Å². The van der Waals surface area contributed by atoms with Gasteiger partial charge in [0.1, 0.15) is 0 Å². The monoisotopic (exact) mass is 250 g/mol. The molecule has 2 N–H and O–H groups in total. The Morgan fingerprint density at radius 1 is 1.50 bits per heavy atom. The van der Waals surface area contributed by atoms with Gasteiger partial charge in [-0.25, -0.2) is 0 Å². The molecule has 0 saturated heterocycles. The van der Waals surface area contributed by atoms with Crippen LogP contribution in [0.2, 0.25) is 0 Å². The molecule has 1 unspecified atom stereocenters. The second-order valence-electron chi connectivity index (χ2n) is 6.77. The van der Waals surface area contributed by atoms with Gasteiger partial charge in [-0.3, -0.25) is 4.79 Å². The number of nitrogens with two attached hydrogens (primary N) is 1. The van der Waals surface area contributed by atoms with E-state index in [2.05, 4.69) is 26.8 Å². The molecule has 18 heavy (non-hydrogen) atoms. The van der Waals surface area contributed by atoms with E-state index in [1.54, 1.807) is 0 Å². The van der Waals surface area contributed by atoms with Crippen LogP contribution in [0.5, 0.6) is 0 Å². The predicted octanol–water partition coefficient (Wildman–Crippen LogP) is 2.32. The maximum absolute atomic E-state index is 12.1. The van der Waals surface area contributed by atoms with Crippen LogP contribution in [-0.2, 0) is 4.79 Å². The number of hydrogen-bond acceptors (Lipinski definition) is 2. The highest BCUT2D eigenvalue weighted by Gasteiger charge is 2.31. The smallest absolute Gasteiger partial charge is 0.224 e. The Hall–Kier alpha value is -0.830. The zero-order valence-electron chi connectivity index (χ0n) is 11.9. The molecule has 2 rings (SSSR count). The molecule has 0 aromatic carbocycles. The molecule has 102 valence electrons. The summed E-state index contributed by atoms with van der Waals surface area (Å²) in [6, 6.07) is 0.0884. The number of carbonyl (C=O) groups excluding carboxylic acids is 1. The molecule has 1 heterocycles. The van der Waals surface area contributed by atoms with Crippen molar-refractivity contribution in [2.24, 2.45) is 17.1 Å². The van der Waals surface area contributed by atoms with Crippen molar-refractivity contribution in [2.45, 2.75) is 52.5 Å². The van der Waals surface area contributed by atoms with E-state index in [-0.39, 0.29) is 17.4 Å². The van der Waals surface area contributed by atoms with Gasteiger partial charge in [-0.1, -0.05) is 32.4 Å². The molecule has 1 saturated carbocycles. The normalized spacial score (nSPS) is 22.7. The van der Waals surface area contributed by atoms with E-state index in [9.17, 15) is 4.79 Å². The van der Waals surface area contributed by atoms with E-state index in [0.29, 0.717) is 12.3 Å². The molecule has 0 bridgehead atoms. The Bertz CT molecular complexity index is 350. The van der Waals surface area contributed by atoms with Crippen molar-refractivity contribution in [1.82, 2.24) is 4.90 Å². The maximum atomic E-state index is 12.1. The van der Waals surface area contributed by atoms with Crippen molar-refractivity contribution in [3.05, 3.63) is 11.6 Å². The summed E-state index contributed by atoms with van der Waals surface area (Å²) in [4.78, 5) is 14.1. The minimum atomic E-state index is 0.0884. The Morgan fingerprint density at radius 2 is 2.17 bits per heavy atom. The molecule has 0 aromatic rings. The SMILES string of the molecule is CC(C)(C)C1=CCN(C(=O)CC(N)C2CC2)CC1. The van der Waals surface area contributed by atoms with Crippen LogP contribution >= 0.6 is 0 Å². The lowest BCUT2D eigenvalue weighted by Crippen LogP contribution is -2.39. The summed E-state index contributed by atoms with van der Waals surface area (Å²) in [6.45, 7) is 8.33. The Kier molecular flexibility index (Phi) is 3.81. The quantitative estimate of drug-likeness (QED) is 0.781. The fourth-order valence-corrected chi connectivity index (χ4v) is 2.60. The highest BCUT2D eigenvalue weighted by Crippen LogP contribution is 2.33. The largest absolute Gasteiger partial charge is 0.339 e. The number of carbonyl (C=O) groups is 1. The van der Waals surface area contributed by atoms with Crippen LogP contribution in [-0.4, -0.2) is 29.9 Å². The van der Waals surface area contributed by atoms with E-state index >= 15 is 0 Å². The summed E-state index contributed by atoms with van der Waals surface area (Å²) in [7, 11) is 0. The minimum absolute atomic E-state index is 0.0884. The van der Waals surface area contributed by atoms with Gasteiger partial charge in [0.05, 0.1) is 0 Å². The van der Waals surface area contributed by atoms with Crippen molar-refractivity contribution in [3.63, 3.8) is 0 Å². The Balaban J connectivity index is 1.85. The molecule has 3 heteroatoms. The lowest BCUT2D eigenvalue weighted by atomic mass is 9.83. The van der Waals surface area contributed by atoms with Crippen LogP contribution < -0.4 is 5.73 Å². The van der Waals surface area contributed by atoms with Crippen molar-refractivity contribution < 1.29 is 4.79 Å². The van der Waals surface area contributed by atoms with Crippen LogP contribution in [0.15, 0.2) is 11.6 Å². The van der Waals surface area contributed by atoms with E-state index in [1.807, 2.05) is 4.90 Å². The zero-order chi connectivity index (χ0) is 13.3. The van der Waals surface area contributed by atoms with Crippen molar-refractivity contribution in [2.75, 3.05) is 13.1 Å². The number of amides is 1. The first-order valence-electron chi connectivity index (χ1n) is 7.11. The van der Waals surface area contributed by atoms with Crippen LogP contribution in [0.25, 0.3) is 0 Å². The summed E-state index contributed by atoms with van der Waals surface area (Å²) in [5.41, 5.74) is 7.73. The van der Waals surface area contributed by atoms with Gasteiger partial charge in [0.15, 0.2) is 0 Å². The average molecular weight is 250 g/mol. The van der Waals surface area contributed by atoms with E-state index in [4.69, 9.17) is 5.73 Å². The van der Waals surface area contributed by atoms with Crippen molar-refractivity contribution in [1.29, 1.82) is 0 Å². The second kappa shape index (κ2) is 5.04. The summed E-state index contributed by atoms with van der Waals surface area (Å²) < 4.78 is 0. The van der Waals surface area contributed by atoms with Gasteiger partial charge in [-0.2, -0.15) is 0 Å². The average Bonchev–Trinajstić information content (AvgIpc) is 3.11. The third kappa shape index (κ3) is 3.35. The maximum Gasteiger partial charge on any atom is 0.224 e. The Labute approximate surface area is 110 Å². The second-order valence-corrected chi connectivity index (χ2v) is 6.77. The first-order valence-corrected chi connectivity index (χ1v) is 7.11. The third-order valence-corrected chi connectivity index (χ3v) is 4.16. The summed E-state index contributed by atoms with van der Waals surface area (Å²) in [6.07, 6.45) is 6.19. The predicted molar refractivity (Wildman–Crippen MR) is 74.1 cm³/mol. The molecule has 0 spiro atoms. The molecule has 1 aliphatic carbocycles. The van der Waals surface area contributed by atoms with Crippen molar-refractivity contribution in [3.8, 4) is 0 Å². The van der Waals surface area contributed by atoms with E-state index in [0.717, 1.165) is 19.5 Å². The van der Waals surface area contributed by atoms with Gasteiger partial charge in [0, 0.05) is 25.6 Å². The van der Waals surface area contributed by atoms with Gasteiger partial charge >= 0.3 is 0 Å². The van der Waals surface area contributed by atoms with Crippen LogP contribution in [0.3, 0.4) is 0 Å². The molecule has 0 aromatic heterocycles. The lowest BCUT2D eigenvalue weighted by molar-refractivity contribution is -0.131. The van der Waals surface area contributed by atoms with Gasteiger partial charge < -0.3 is 10.6 Å². The molecule has 1 fully saturated rings. The fourth-order valence-electron chi connectivity index (χ4n) is 2.60. The number of rotatable bonds is 3. The fraction of sp³-hybridized carbons (Fsp3) is 0.800. The molecule has 0 radical (unpaired) electrons. The van der Waals surface area contributed by atoms with Crippen molar-refractivity contribution >= 4 is 5.91 Å². The first-order chi connectivity index (χ1) is 8.38. The first kappa shape index (κ1) is 13.6. The zero-order valence-corrected chi connectivity index (χ0v) is 11.9. The van der Waals surface area contributed by atoms with Gasteiger partial charge in [0.25, 0.3) is 0 Å². The molecule has 3 nitrogen and oxygen atoms in total. The summed E-state index contributed by atoms with van der Waals surface area (Å²) in [5.74, 6) is 0.845. The minimum Gasteiger partial charge on any atom is -0.339 e. The summed E-state index contributed by atoms with van der Waals surface area (Å²) in [5, 5.41) is 0. The van der Waals surface area contributed by atoms with Gasteiger partial charge in [-0.05, 0) is 30.6 Å². The molecular weight excluding hydrogens is 224 g/mol. The molecule has 1 aliphatic heterocycles. The highest BCUT2D eigenvalue weighted by atomic mass is 16.2. The van der Waals surface area contributed by atoms with Gasteiger partial charge in [0.2, 0.25) is 5.91 Å². The number of nitrogens with zero attached hydrogens (tertiary/aromatic N) is 1. The standard InChI is InChI=1S/C15H26N2O/c1-15(2,3)12-6-8-17(9-7-12)14(18)10-13(16)11-4-5-11/h6,11,13H,4-5,7-10,16H2,1-3H3. The highest BCUT2D eigenvalue weighted by molar-refractivity contribution is 5.77. The lowest BCUT2D eigenvalue weighted by Gasteiger charge is -2.32. The van der Waals surface area contributed by atoms with Crippen LogP contribution in [0.4, 0.5) is 0 Å². The molecular formula is C15H26N2O. The van der Waals surface area contributed by atoms with Crippen LogP contribution in [0, 0.1) is 11.3 Å². The molecule has 1 atom stereocenters. The molecule has 1 amide bonds. The van der Waals surface area contributed by atoms with Crippen LogP contribution in [0.1, 0.15) is 46.5 Å². The number of hydrogen-bond donors (Lipinski definition) is 1. The topological polar surface area (TPSA) is 46.3 Å².